The summed E-state index contributed by atoms with van der Waals surface area (Å²) in [5, 5.41) is 0.905. The summed E-state index contributed by atoms with van der Waals surface area (Å²) in [5.74, 6) is 0.0677. The van der Waals surface area contributed by atoms with Gasteiger partial charge in [0.05, 0.1) is 16.8 Å². The van der Waals surface area contributed by atoms with E-state index in [1.54, 1.807) is 12.4 Å². The van der Waals surface area contributed by atoms with Crippen molar-refractivity contribution in [3.63, 3.8) is 0 Å². The van der Waals surface area contributed by atoms with Crippen LogP contribution in [-0.4, -0.2) is 63.9 Å². The second-order valence-electron chi connectivity index (χ2n) is 7.74. The number of benzene rings is 1. The second kappa shape index (κ2) is 7.28. The number of aryl methyl sites for hydroxylation is 2. The van der Waals surface area contributed by atoms with Gasteiger partial charge in [-0.3, -0.25) is 4.79 Å². The lowest BCUT2D eigenvalue weighted by atomic mass is 9.99. The van der Waals surface area contributed by atoms with Crippen LogP contribution in [0.25, 0.3) is 22.2 Å². The maximum absolute atomic E-state index is 13.5. The van der Waals surface area contributed by atoms with Crippen LogP contribution in [0.4, 0.5) is 0 Å². The first-order valence-corrected chi connectivity index (χ1v) is 9.57. The Kier molecular flexibility index (Phi) is 4.81. The molecule has 4 rings (SSSR count). The molecule has 1 amide bonds. The zero-order chi connectivity index (χ0) is 19.8. The van der Waals surface area contributed by atoms with Crippen LogP contribution in [0.3, 0.4) is 0 Å². The van der Waals surface area contributed by atoms with Crippen molar-refractivity contribution in [2.75, 3.05) is 27.2 Å². The van der Waals surface area contributed by atoms with Gasteiger partial charge >= 0.3 is 0 Å². The molecular formula is C22H25N5O. The molecule has 6 nitrogen and oxygen atoms in total. The normalized spacial score (nSPS) is 16.9. The average Bonchev–Trinajstić information content (AvgIpc) is 3.21. The molecule has 28 heavy (non-hydrogen) atoms. The van der Waals surface area contributed by atoms with Crippen LogP contribution >= 0.6 is 0 Å². The van der Waals surface area contributed by atoms with E-state index in [1.807, 2.05) is 17.0 Å². The van der Waals surface area contributed by atoms with E-state index >= 15 is 0 Å². The Labute approximate surface area is 165 Å². The Morgan fingerprint density at radius 1 is 1.18 bits per heavy atom. The molecule has 0 saturated carbocycles. The molecule has 1 aliphatic heterocycles. The average molecular weight is 375 g/mol. The highest BCUT2D eigenvalue weighted by Gasteiger charge is 2.29. The molecule has 1 fully saturated rings. The van der Waals surface area contributed by atoms with E-state index in [1.165, 1.54) is 6.33 Å². The van der Waals surface area contributed by atoms with Crippen molar-refractivity contribution in [2.24, 2.45) is 0 Å². The molecule has 0 N–H and O–H groups in total. The van der Waals surface area contributed by atoms with E-state index in [2.05, 4.69) is 48.9 Å². The summed E-state index contributed by atoms with van der Waals surface area (Å²) in [4.78, 5) is 30.7. The number of hydrogen-bond acceptors (Lipinski definition) is 5. The van der Waals surface area contributed by atoms with Crippen LogP contribution in [0.2, 0.25) is 0 Å². The molecule has 1 saturated heterocycles. The summed E-state index contributed by atoms with van der Waals surface area (Å²) < 4.78 is 0. The zero-order valence-electron chi connectivity index (χ0n) is 16.8. The molecule has 0 bridgehead atoms. The predicted molar refractivity (Wildman–Crippen MR) is 110 cm³/mol. The molecule has 144 valence electrons. The van der Waals surface area contributed by atoms with Crippen molar-refractivity contribution in [3.05, 3.63) is 53.6 Å². The minimum absolute atomic E-state index is 0.0677. The molecule has 0 unspecified atom stereocenters. The molecule has 2 aromatic heterocycles. The van der Waals surface area contributed by atoms with Crippen molar-refractivity contribution < 1.29 is 4.79 Å². The van der Waals surface area contributed by atoms with Crippen LogP contribution < -0.4 is 0 Å². The number of amides is 1. The number of carbonyl (C=O) groups is 1. The number of hydrogen-bond donors (Lipinski definition) is 0. The molecule has 6 heteroatoms. The van der Waals surface area contributed by atoms with E-state index in [0.717, 1.165) is 52.8 Å². The summed E-state index contributed by atoms with van der Waals surface area (Å²) in [7, 11) is 4.14. The molecule has 3 heterocycles. The number of fused-ring (bicyclic) bond motifs is 1. The van der Waals surface area contributed by atoms with Gasteiger partial charge in [-0.05, 0) is 51.6 Å². The van der Waals surface area contributed by atoms with E-state index in [0.29, 0.717) is 11.6 Å². The van der Waals surface area contributed by atoms with Gasteiger partial charge in [-0.15, -0.1) is 0 Å². The number of rotatable bonds is 3. The topological polar surface area (TPSA) is 62.2 Å². The summed E-state index contributed by atoms with van der Waals surface area (Å²) >= 11 is 0. The number of carbonyl (C=O) groups excluding carboxylic acids is 1. The third-order valence-electron chi connectivity index (χ3n) is 5.77. The highest BCUT2D eigenvalue weighted by molar-refractivity contribution is 6.08. The summed E-state index contributed by atoms with van der Waals surface area (Å²) in [6, 6.07) is 6.38. The Bertz CT molecular complexity index is 1030. The Morgan fingerprint density at radius 3 is 2.61 bits per heavy atom. The monoisotopic (exact) mass is 375 g/mol. The van der Waals surface area contributed by atoms with E-state index < -0.39 is 0 Å². The lowest BCUT2D eigenvalue weighted by Gasteiger charge is -2.21. The van der Waals surface area contributed by atoms with Gasteiger partial charge in [0, 0.05) is 42.5 Å². The number of aromatic nitrogens is 3. The minimum atomic E-state index is 0.0677. The fourth-order valence-corrected chi connectivity index (χ4v) is 3.80. The summed E-state index contributed by atoms with van der Waals surface area (Å²) in [5.41, 5.74) is 5.37. The molecular weight excluding hydrogens is 350 g/mol. The molecule has 0 aliphatic carbocycles. The Hall–Kier alpha value is -2.86. The standard InChI is InChI=1S/C22H25N5O/c1-14-5-6-18-19(22(28)27-8-7-17(12-27)26(3)4)9-20(25-21(18)15(14)2)16-10-23-13-24-11-16/h5-6,9-11,13,17H,7-8,12H2,1-4H3/t17-/m0/s1. The lowest BCUT2D eigenvalue weighted by Crippen LogP contribution is -2.34. The van der Waals surface area contributed by atoms with Crippen molar-refractivity contribution >= 4 is 16.8 Å². The van der Waals surface area contributed by atoms with Gasteiger partial charge in [0.25, 0.3) is 5.91 Å². The van der Waals surface area contributed by atoms with Crippen LogP contribution in [0.1, 0.15) is 27.9 Å². The summed E-state index contributed by atoms with van der Waals surface area (Å²) in [6.07, 6.45) is 5.97. The third kappa shape index (κ3) is 3.24. The van der Waals surface area contributed by atoms with Crippen LogP contribution in [0, 0.1) is 13.8 Å². The number of likely N-dealkylation sites (tertiary alicyclic amines) is 1. The van der Waals surface area contributed by atoms with Gasteiger partial charge in [0.15, 0.2) is 0 Å². The quantitative estimate of drug-likeness (QED) is 0.704. The summed E-state index contributed by atoms with van der Waals surface area (Å²) in [6.45, 7) is 5.66. The smallest absolute Gasteiger partial charge is 0.254 e. The maximum atomic E-state index is 13.5. The maximum Gasteiger partial charge on any atom is 0.254 e. The first-order valence-electron chi connectivity index (χ1n) is 9.57. The molecule has 3 aromatic rings. The van der Waals surface area contributed by atoms with Gasteiger partial charge in [-0.1, -0.05) is 12.1 Å². The SMILES string of the molecule is Cc1ccc2c(C(=O)N3CC[C@H](N(C)C)C3)cc(-c3cncnc3)nc2c1C. The van der Waals surface area contributed by atoms with Crippen LogP contribution in [0.15, 0.2) is 36.9 Å². The number of likely N-dealkylation sites (N-methyl/N-ethyl adjacent to an activating group) is 1. The second-order valence-corrected chi connectivity index (χ2v) is 7.74. The van der Waals surface area contributed by atoms with Crippen molar-refractivity contribution in [1.29, 1.82) is 0 Å². The zero-order valence-corrected chi connectivity index (χ0v) is 16.8. The molecule has 1 atom stereocenters. The van der Waals surface area contributed by atoms with E-state index in [-0.39, 0.29) is 5.91 Å². The fourth-order valence-electron chi connectivity index (χ4n) is 3.80. The molecule has 0 radical (unpaired) electrons. The number of nitrogens with zero attached hydrogens (tertiary/aromatic N) is 5. The van der Waals surface area contributed by atoms with Crippen LogP contribution in [-0.2, 0) is 0 Å². The van der Waals surface area contributed by atoms with Gasteiger partial charge in [0.2, 0.25) is 0 Å². The third-order valence-corrected chi connectivity index (χ3v) is 5.77. The molecule has 1 aliphatic rings. The van der Waals surface area contributed by atoms with Gasteiger partial charge < -0.3 is 9.80 Å². The largest absolute Gasteiger partial charge is 0.337 e. The highest BCUT2D eigenvalue weighted by atomic mass is 16.2. The fraction of sp³-hybridized carbons (Fsp3) is 0.364. The number of pyridine rings is 1. The van der Waals surface area contributed by atoms with E-state index in [4.69, 9.17) is 4.98 Å². The Morgan fingerprint density at radius 2 is 1.93 bits per heavy atom. The van der Waals surface area contributed by atoms with Crippen molar-refractivity contribution in [3.8, 4) is 11.3 Å². The van der Waals surface area contributed by atoms with E-state index in [9.17, 15) is 4.79 Å². The first kappa shape index (κ1) is 18.5. The van der Waals surface area contributed by atoms with Gasteiger partial charge in [-0.25, -0.2) is 15.0 Å². The Balaban J connectivity index is 1.85. The minimum Gasteiger partial charge on any atom is -0.337 e. The molecule has 0 spiro atoms. The lowest BCUT2D eigenvalue weighted by molar-refractivity contribution is 0.0785. The van der Waals surface area contributed by atoms with Gasteiger partial charge in [0.1, 0.15) is 6.33 Å². The van der Waals surface area contributed by atoms with Gasteiger partial charge in [-0.2, -0.15) is 0 Å². The first-order chi connectivity index (χ1) is 13.5. The van der Waals surface area contributed by atoms with Crippen molar-refractivity contribution in [1.82, 2.24) is 24.8 Å². The van der Waals surface area contributed by atoms with Crippen LogP contribution in [0.5, 0.6) is 0 Å². The highest BCUT2D eigenvalue weighted by Crippen LogP contribution is 2.29. The molecule has 1 aromatic carbocycles. The van der Waals surface area contributed by atoms with Crippen molar-refractivity contribution in [2.45, 2.75) is 26.3 Å². The predicted octanol–water partition coefficient (Wildman–Crippen LogP) is 3.08.